The van der Waals surface area contributed by atoms with Crippen LogP contribution in [-0.2, 0) is 26.2 Å². The quantitative estimate of drug-likeness (QED) is 0.327. The maximum Gasteiger partial charge on any atom is 0.264 e. The molecule has 42 heavy (non-hydrogen) atoms. The highest BCUT2D eigenvalue weighted by atomic mass is 32.2. The molecule has 1 N–H and O–H groups in total. The molecule has 0 radical (unpaired) electrons. The lowest BCUT2D eigenvalue weighted by molar-refractivity contribution is -0.139. The van der Waals surface area contributed by atoms with E-state index in [1.54, 1.807) is 37.3 Å². The molecule has 0 unspecified atom stereocenters. The fourth-order valence-corrected chi connectivity index (χ4v) is 6.64. The zero-order valence-corrected chi connectivity index (χ0v) is 25.4. The van der Waals surface area contributed by atoms with Crippen molar-refractivity contribution in [3.8, 4) is 11.5 Å². The molecule has 0 aromatic heterocycles. The third-order valence-electron chi connectivity index (χ3n) is 7.57. The summed E-state index contributed by atoms with van der Waals surface area (Å²) in [5.41, 5.74) is 2.18. The maximum absolute atomic E-state index is 14.1. The van der Waals surface area contributed by atoms with E-state index < -0.39 is 28.5 Å². The van der Waals surface area contributed by atoms with Gasteiger partial charge in [-0.2, -0.15) is 0 Å². The molecule has 0 spiro atoms. The monoisotopic (exact) mass is 593 g/mol. The van der Waals surface area contributed by atoms with E-state index in [-0.39, 0.29) is 29.1 Å². The van der Waals surface area contributed by atoms with E-state index in [4.69, 9.17) is 9.47 Å². The van der Waals surface area contributed by atoms with Crippen molar-refractivity contribution in [1.82, 2.24) is 10.2 Å². The van der Waals surface area contributed by atoms with E-state index in [1.165, 1.54) is 37.3 Å². The molecule has 0 heterocycles. The number of nitrogens with zero attached hydrogens (tertiary/aromatic N) is 2. The summed E-state index contributed by atoms with van der Waals surface area (Å²) in [6, 6.07) is 19.7. The molecule has 0 bridgehead atoms. The van der Waals surface area contributed by atoms with Crippen LogP contribution in [0.5, 0.6) is 11.5 Å². The van der Waals surface area contributed by atoms with Gasteiger partial charge in [0.15, 0.2) is 11.5 Å². The second-order valence-electron chi connectivity index (χ2n) is 10.5. The van der Waals surface area contributed by atoms with Crippen molar-refractivity contribution in [2.45, 2.75) is 63.1 Å². The van der Waals surface area contributed by atoms with Crippen molar-refractivity contribution in [3.63, 3.8) is 0 Å². The van der Waals surface area contributed by atoms with Crippen molar-refractivity contribution in [2.24, 2.45) is 0 Å². The highest BCUT2D eigenvalue weighted by molar-refractivity contribution is 7.92. The molecule has 10 heteroatoms. The van der Waals surface area contributed by atoms with Crippen LogP contribution in [0.2, 0.25) is 0 Å². The van der Waals surface area contributed by atoms with Crippen molar-refractivity contribution in [3.05, 3.63) is 83.9 Å². The van der Waals surface area contributed by atoms with Crippen LogP contribution in [0.3, 0.4) is 0 Å². The van der Waals surface area contributed by atoms with Crippen LogP contribution < -0.4 is 19.1 Å². The maximum atomic E-state index is 14.1. The third kappa shape index (κ3) is 7.23. The zero-order chi connectivity index (χ0) is 30.3. The Hall–Kier alpha value is -4.05. The third-order valence-corrected chi connectivity index (χ3v) is 9.34. The first-order valence-corrected chi connectivity index (χ1v) is 15.5. The van der Waals surface area contributed by atoms with Gasteiger partial charge in [0.05, 0.1) is 24.8 Å². The largest absolute Gasteiger partial charge is 0.493 e. The number of hydrogen-bond acceptors (Lipinski definition) is 6. The van der Waals surface area contributed by atoms with E-state index >= 15 is 0 Å². The smallest absolute Gasteiger partial charge is 0.264 e. The Morgan fingerprint density at radius 2 is 1.62 bits per heavy atom. The van der Waals surface area contributed by atoms with Gasteiger partial charge in [-0.3, -0.25) is 13.9 Å². The molecule has 224 valence electrons. The number of rotatable bonds is 12. The fraction of sp³-hybridized carbons (Fsp3) is 0.375. The van der Waals surface area contributed by atoms with Crippen LogP contribution in [0, 0.1) is 6.92 Å². The Labute approximate surface area is 248 Å². The van der Waals surface area contributed by atoms with Gasteiger partial charge in [-0.15, -0.1) is 0 Å². The lowest BCUT2D eigenvalue weighted by atomic mass is 10.1. The fourth-order valence-electron chi connectivity index (χ4n) is 5.21. The van der Waals surface area contributed by atoms with Gasteiger partial charge in [0.1, 0.15) is 12.6 Å². The van der Waals surface area contributed by atoms with Crippen molar-refractivity contribution < 1.29 is 27.5 Å². The molecule has 4 rings (SSSR count). The van der Waals surface area contributed by atoms with Gasteiger partial charge in [0, 0.05) is 18.7 Å². The summed E-state index contributed by atoms with van der Waals surface area (Å²) in [6.07, 6.45) is 3.95. The molecule has 1 atom stereocenters. The van der Waals surface area contributed by atoms with E-state index in [9.17, 15) is 18.0 Å². The average Bonchev–Trinajstić information content (AvgIpc) is 3.51. The second-order valence-corrected chi connectivity index (χ2v) is 12.4. The van der Waals surface area contributed by atoms with Gasteiger partial charge in [-0.25, -0.2) is 8.42 Å². The van der Waals surface area contributed by atoms with Gasteiger partial charge >= 0.3 is 0 Å². The molecular formula is C32H39N3O6S. The Kier molecular flexibility index (Phi) is 10.1. The van der Waals surface area contributed by atoms with E-state index in [1.807, 2.05) is 31.2 Å². The number of sulfonamides is 1. The molecule has 0 saturated heterocycles. The number of anilines is 1. The van der Waals surface area contributed by atoms with Gasteiger partial charge in [0.25, 0.3) is 10.0 Å². The molecular weight excluding hydrogens is 554 g/mol. The first-order chi connectivity index (χ1) is 20.1. The number of carbonyl (C=O) groups excluding carboxylic acids is 2. The topological polar surface area (TPSA) is 105 Å². The lowest BCUT2D eigenvalue weighted by Gasteiger charge is -2.32. The van der Waals surface area contributed by atoms with Crippen LogP contribution in [0.1, 0.15) is 43.7 Å². The number of benzene rings is 3. The summed E-state index contributed by atoms with van der Waals surface area (Å²) < 4.78 is 39.8. The molecule has 3 aromatic carbocycles. The molecule has 1 aliphatic carbocycles. The number of para-hydroxylation sites is 1. The average molecular weight is 594 g/mol. The van der Waals surface area contributed by atoms with Crippen LogP contribution in [0.15, 0.2) is 77.7 Å². The second kappa shape index (κ2) is 13.7. The zero-order valence-electron chi connectivity index (χ0n) is 24.6. The summed E-state index contributed by atoms with van der Waals surface area (Å²) in [7, 11) is -1.34. The number of aryl methyl sites for hydroxylation is 1. The molecule has 1 fully saturated rings. The molecule has 2 amide bonds. The number of methoxy groups -OCH3 is 2. The number of nitrogens with one attached hydrogen (secondary N) is 1. The van der Waals surface area contributed by atoms with Gasteiger partial charge in [-0.05, 0) is 56.5 Å². The molecule has 9 nitrogen and oxygen atoms in total. The summed E-state index contributed by atoms with van der Waals surface area (Å²) in [4.78, 5) is 28.8. The minimum absolute atomic E-state index is 0.0611. The summed E-state index contributed by atoms with van der Waals surface area (Å²) in [5.74, 6) is -0.128. The van der Waals surface area contributed by atoms with E-state index in [0.29, 0.717) is 11.4 Å². The van der Waals surface area contributed by atoms with Gasteiger partial charge in [0.2, 0.25) is 11.8 Å². The van der Waals surface area contributed by atoms with Crippen LogP contribution >= 0.6 is 0 Å². The predicted octanol–water partition coefficient (Wildman–Crippen LogP) is 4.68. The minimum Gasteiger partial charge on any atom is -0.493 e. The van der Waals surface area contributed by atoms with Crippen molar-refractivity contribution in [1.29, 1.82) is 0 Å². The van der Waals surface area contributed by atoms with Crippen LogP contribution in [0.4, 0.5) is 5.69 Å². The first kappa shape index (κ1) is 30.9. The van der Waals surface area contributed by atoms with Gasteiger partial charge < -0.3 is 19.7 Å². The molecule has 1 saturated carbocycles. The Bertz CT molecular complexity index is 1490. The highest BCUT2D eigenvalue weighted by Gasteiger charge is 2.33. The van der Waals surface area contributed by atoms with E-state index in [2.05, 4.69) is 5.32 Å². The van der Waals surface area contributed by atoms with Crippen molar-refractivity contribution in [2.75, 3.05) is 25.1 Å². The predicted molar refractivity (Wildman–Crippen MR) is 162 cm³/mol. The molecule has 1 aliphatic rings. The van der Waals surface area contributed by atoms with Crippen molar-refractivity contribution >= 4 is 27.5 Å². The number of ether oxygens (including phenoxy) is 2. The van der Waals surface area contributed by atoms with Crippen LogP contribution in [0.25, 0.3) is 0 Å². The Morgan fingerprint density at radius 3 is 2.26 bits per heavy atom. The summed E-state index contributed by atoms with van der Waals surface area (Å²) >= 11 is 0. The van der Waals surface area contributed by atoms with Gasteiger partial charge in [-0.1, -0.05) is 60.9 Å². The van der Waals surface area contributed by atoms with E-state index in [0.717, 1.165) is 41.1 Å². The SMILES string of the molecule is COc1ccc(S(=O)(=O)N(CC(=O)N(Cc2cccc(C)c2)[C@@H](C)C(=O)NC2CCCC2)c2ccccc2)cc1OC. The minimum atomic E-state index is -4.23. The highest BCUT2D eigenvalue weighted by Crippen LogP contribution is 2.32. The lowest BCUT2D eigenvalue weighted by Crippen LogP contribution is -2.52. The summed E-state index contributed by atoms with van der Waals surface area (Å²) in [6.45, 7) is 3.29. The summed E-state index contributed by atoms with van der Waals surface area (Å²) in [5, 5.41) is 3.09. The Morgan fingerprint density at radius 1 is 0.929 bits per heavy atom. The number of carbonyl (C=O) groups is 2. The van der Waals surface area contributed by atoms with Crippen LogP contribution in [-0.4, -0.2) is 58.0 Å². The molecule has 0 aliphatic heterocycles. The number of amides is 2. The normalized spacial score (nSPS) is 14.2. The standard InChI is InChI=1S/C32H39N3O6S/c1-23-11-10-12-25(19-23)21-34(24(2)32(37)33-26-13-8-9-14-26)31(36)22-35(27-15-6-5-7-16-27)42(38,39)28-17-18-29(40-3)30(20-28)41-4/h5-7,10-12,15-20,24,26H,8-9,13-14,21-22H2,1-4H3,(H,33,37)/t24-/m0/s1. The first-order valence-electron chi connectivity index (χ1n) is 14.1. The molecule has 3 aromatic rings. The number of hydrogen-bond donors (Lipinski definition) is 1. The Balaban J connectivity index is 1.69.